The fourth-order valence-electron chi connectivity index (χ4n) is 2.87. The molecule has 2 atom stereocenters. The Bertz CT molecular complexity index is 765. The quantitative estimate of drug-likeness (QED) is 0.852. The summed E-state index contributed by atoms with van der Waals surface area (Å²) >= 11 is 0. The lowest BCUT2D eigenvalue weighted by Gasteiger charge is -2.36. The number of halogens is 1. The van der Waals surface area contributed by atoms with Crippen molar-refractivity contribution in [1.82, 2.24) is 4.31 Å². The first-order valence-electron chi connectivity index (χ1n) is 7.46. The highest BCUT2D eigenvalue weighted by atomic mass is 32.2. The first kappa shape index (κ1) is 18.3. The molecule has 0 saturated carbocycles. The van der Waals surface area contributed by atoms with Crippen LogP contribution in [0.5, 0.6) is 0 Å². The number of carbonyl (C=O) groups excluding carboxylic acids is 1. The van der Waals surface area contributed by atoms with Gasteiger partial charge in [-0.15, -0.1) is 0 Å². The van der Waals surface area contributed by atoms with E-state index in [1.165, 1.54) is 6.92 Å². The van der Waals surface area contributed by atoms with Crippen LogP contribution < -0.4 is 5.32 Å². The number of nitrogens with one attached hydrogen (secondary N) is 1. The van der Waals surface area contributed by atoms with Crippen LogP contribution in [0.3, 0.4) is 0 Å². The zero-order valence-corrected chi connectivity index (χ0v) is 14.1. The van der Waals surface area contributed by atoms with Gasteiger partial charge in [0.1, 0.15) is 5.82 Å². The van der Waals surface area contributed by atoms with Gasteiger partial charge in [0.2, 0.25) is 15.9 Å². The predicted molar refractivity (Wildman–Crippen MR) is 84.4 cm³/mol. The monoisotopic (exact) mass is 358 g/mol. The molecule has 1 aromatic rings. The number of sulfonamides is 1. The van der Waals surface area contributed by atoms with Gasteiger partial charge in [-0.3, -0.25) is 9.59 Å². The fourth-order valence-corrected chi connectivity index (χ4v) is 4.60. The van der Waals surface area contributed by atoms with Crippen LogP contribution >= 0.6 is 0 Å². The van der Waals surface area contributed by atoms with E-state index in [0.29, 0.717) is 12.8 Å². The van der Waals surface area contributed by atoms with Crippen molar-refractivity contribution in [2.75, 3.05) is 11.9 Å². The molecular formula is C15H19FN2O5S. The van der Waals surface area contributed by atoms with Crippen LogP contribution in [0.25, 0.3) is 0 Å². The molecule has 0 bridgehead atoms. The number of carboxylic acids is 1. The number of carbonyl (C=O) groups is 2. The molecule has 2 N–H and O–H groups in total. The largest absolute Gasteiger partial charge is 0.481 e. The van der Waals surface area contributed by atoms with Crippen LogP contribution in [0.4, 0.5) is 10.1 Å². The second-order valence-corrected chi connectivity index (χ2v) is 7.66. The maximum atomic E-state index is 13.7. The van der Waals surface area contributed by atoms with Gasteiger partial charge < -0.3 is 10.4 Å². The van der Waals surface area contributed by atoms with E-state index in [-0.39, 0.29) is 17.1 Å². The Labute approximate surface area is 139 Å². The van der Waals surface area contributed by atoms with Crippen LogP contribution in [0, 0.1) is 11.7 Å². The van der Waals surface area contributed by atoms with Gasteiger partial charge in [-0.2, -0.15) is 4.31 Å². The molecule has 1 saturated heterocycles. The number of benzene rings is 1. The van der Waals surface area contributed by atoms with Crippen LogP contribution in [0.2, 0.25) is 0 Å². The number of hydrogen-bond acceptors (Lipinski definition) is 4. The van der Waals surface area contributed by atoms with Crippen molar-refractivity contribution in [3.05, 3.63) is 24.0 Å². The lowest BCUT2D eigenvalue weighted by atomic mass is 9.92. The fraction of sp³-hybridized carbons (Fsp3) is 0.467. The second kappa shape index (κ2) is 6.86. The molecule has 0 aliphatic carbocycles. The smallest absolute Gasteiger partial charge is 0.308 e. The molecule has 1 heterocycles. The lowest BCUT2D eigenvalue weighted by molar-refractivity contribution is -0.144. The molecule has 0 unspecified atom stereocenters. The third kappa shape index (κ3) is 3.57. The Morgan fingerprint density at radius 3 is 2.62 bits per heavy atom. The normalized spacial score (nSPS) is 22.1. The van der Waals surface area contributed by atoms with Crippen molar-refractivity contribution in [2.24, 2.45) is 5.92 Å². The summed E-state index contributed by atoms with van der Waals surface area (Å²) in [5, 5.41) is 11.5. The number of piperidine rings is 1. The van der Waals surface area contributed by atoms with Crippen LogP contribution in [-0.2, 0) is 19.6 Å². The van der Waals surface area contributed by atoms with Crippen molar-refractivity contribution in [1.29, 1.82) is 0 Å². The van der Waals surface area contributed by atoms with Crippen LogP contribution in [0.1, 0.15) is 26.7 Å². The first-order valence-corrected chi connectivity index (χ1v) is 8.90. The summed E-state index contributed by atoms with van der Waals surface area (Å²) in [6.45, 7) is 2.93. The highest BCUT2D eigenvalue weighted by Crippen LogP contribution is 2.30. The molecule has 1 aliphatic heterocycles. The summed E-state index contributed by atoms with van der Waals surface area (Å²) in [6, 6.07) is 2.40. The maximum absolute atomic E-state index is 13.7. The highest BCUT2D eigenvalue weighted by Gasteiger charge is 2.39. The molecule has 7 nitrogen and oxygen atoms in total. The molecule has 1 fully saturated rings. The van der Waals surface area contributed by atoms with Gasteiger partial charge in [0.05, 0.1) is 16.5 Å². The third-order valence-corrected chi connectivity index (χ3v) is 6.08. The van der Waals surface area contributed by atoms with Crippen LogP contribution in [0.15, 0.2) is 23.1 Å². The van der Waals surface area contributed by atoms with Gasteiger partial charge >= 0.3 is 5.97 Å². The Hall–Kier alpha value is -2.00. The standard InChI is InChI=1S/C15H19FN2O5S/c1-9-12(15(20)21)4-3-7-18(9)24(22,23)11-5-6-13(16)14(8-11)17-10(2)19/h5-6,8-9,12H,3-4,7H2,1-2H3,(H,17,19)(H,20,21)/t9-,12-/m1/s1. The number of aliphatic carboxylic acids is 1. The average molecular weight is 358 g/mol. The molecule has 0 spiro atoms. The molecule has 1 aromatic carbocycles. The zero-order chi connectivity index (χ0) is 18.1. The van der Waals surface area contributed by atoms with Crippen molar-refractivity contribution in [2.45, 2.75) is 37.6 Å². The Kier molecular flexibility index (Phi) is 5.24. The van der Waals surface area contributed by atoms with Gasteiger partial charge in [0.25, 0.3) is 0 Å². The molecule has 132 valence electrons. The molecule has 0 radical (unpaired) electrons. The van der Waals surface area contributed by atoms with Gasteiger partial charge in [-0.05, 0) is 38.0 Å². The van der Waals surface area contributed by atoms with E-state index in [1.807, 2.05) is 0 Å². The van der Waals surface area contributed by atoms with Crippen molar-refractivity contribution < 1.29 is 27.5 Å². The van der Waals surface area contributed by atoms with Gasteiger partial charge in [-0.25, -0.2) is 12.8 Å². The zero-order valence-electron chi connectivity index (χ0n) is 13.3. The maximum Gasteiger partial charge on any atom is 0.308 e. The molecule has 2 rings (SSSR count). The summed E-state index contributed by atoms with van der Waals surface area (Å²) < 4.78 is 40.5. The number of nitrogens with zero attached hydrogens (tertiary/aromatic N) is 1. The third-order valence-electron chi connectivity index (χ3n) is 4.10. The summed E-state index contributed by atoms with van der Waals surface area (Å²) in [4.78, 5) is 22.2. The number of carboxylic acid groups (broad SMARTS) is 1. The Morgan fingerprint density at radius 1 is 1.38 bits per heavy atom. The summed E-state index contributed by atoms with van der Waals surface area (Å²) in [5.74, 6) is -3.11. The second-order valence-electron chi connectivity index (χ2n) is 5.77. The van der Waals surface area contributed by atoms with E-state index in [4.69, 9.17) is 0 Å². The summed E-state index contributed by atoms with van der Waals surface area (Å²) in [6.07, 6.45) is 0.837. The van der Waals surface area contributed by atoms with Gasteiger partial charge in [0.15, 0.2) is 0 Å². The van der Waals surface area contributed by atoms with E-state index in [2.05, 4.69) is 5.32 Å². The Morgan fingerprint density at radius 2 is 2.04 bits per heavy atom. The Balaban J connectivity index is 2.39. The summed E-state index contributed by atoms with van der Waals surface area (Å²) in [7, 11) is -4.00. The first-order chi connectivity index (χ1) is 11.1. The number of amides is 1. The summed E-state index contributed by atoms with van der Waals surface area (Å²) in [5.41, 5.74) is -0.233. The van der Waals surface area contributed by atoms with Gasteiger partial charge in [0, 0.05) is 19.5 Å². The molecule has 9 heteroatoms. The van der Waals surface area contributed by atoms with Crippen molar-refractivity contribution >= 4 is 27.6 Å². The van der Waals surface area contributed by atoms with E-state index >= 15 is 0 Å². The van der Waals surface area contributed by atoms with E-state index in [1.54, 1.807) is 6.92 Å². The molecular weight excluding hydrogens is 339 g/mol. The molecule has 0 aromatic heterocycles. The van der Waals surface area contributed by atoms with E-state index in [9.17, 15) is 27.5 Å². The number of rotatable bonds is 4. The molecule has 1 aliphatic rings. The average Bonchev–Trinajstić information content (AvgIpc) is 2.48. The number of anilines is 1. The van der Waals surface area contributed by atoms with Gasteiger partial charge in [-0.1, -0.05) is 0 Å². The molecule has 1 amide bonds. The minimum absolute atomic E-state index is 0.189. The predicted octanol–water partition coefficient (Wildman–Crippen LogP) is 1.66. The lowest BCUT2D eigenvalue weighted by Crippen LogP contribution is -2.49. The highest BCUT2D eigenvalue weighted by molar-refractivity contribution is 7.89. The van der Waals surface area contributed by atoms with E-state index < -0.39 is 39.7 Å². The van der Waals surface area contributed by atoms with Crippen molar-refractivity contribution in [3.63, 3.8) is 0 Å². The van der Waals surface area contributed by atoms with Crippen LogP contribution in [-0.4, -0.2) is 42.3 Å². The SMILES string of the molecule is CC(=O)Nc1cc(S(=O)(=O)N2CCC[C@@H](C(=O)O)[C@H]2C)ccc1F. The minimum atomic E-state index is -4.00. The van der Waals surface area contributed by atoms with E-state index in [0.717, 1.165) is 22.5 Å². The number of hydrogen-bond donors (Lipinski definition) is 2. The van der Waals surface area contributed by atoms with Crippen molar-refractivity contribution in [3.8, 4) is 0 Å². The minimum Gasteiger partial charge on any atom is -0.481 e. The molecule has 24 heavy (non-hydrogen) atoms. The topological polar surface area (TPSA) is 104 Å².